The number of hydrogen-bond acceptors (Lipinski definition) is 10. The summed E-state index contributed by atoms with van der Waals surface area (Å²) in [5.74, 6) is 3.74. The van der Waals surface area contributed by atoms with Crippen LogP contribution in [0.3, 0.4) is 0 Å². The summed E-state index contributed by atoms with van der Waals surface area (Å²) in [7, 11) is 4.27. The van der Waals surface area contributed by atoms with Gasteiger partial charge in [-0.1, -0.05) is 102 Å². The second-order valence-electron chi connectivity index (χ2n) is 20.7. The molecule has 2 aliphatic rings. The highest BCUT2D eigenvalue weighted by atomic mass is 19.1. The Morgan fingerprint density at radius 1 is 0.600 bits per heavy atom. The van der Waals surface area contributed by atoms with Gasteiger partial charge >= 0.3 is 6.03 Å². The van der Waals surface area contributed by atoms with Gasteiger partial charge in [-0.25, -0.2) is 23.4 Å². The molecule has 2 aliphatic heterocycles. The predicted octanol–water partition coefficient (Wildman–Crippen LogP) is 11.4. The van der Waals surface area contributed by atoms with Crippen LogP contribution in [-0.4, -0.2) is 99.0 Å². The Labute approximate surface area is 447 Å². The average molecular weight is 1030 g/mol. The van der Waals surface area contributed by atoms with Crippen LogP contribution >= 0.6 is 0 Å². The third kappa shape index (κ3) is 25.8. The van der Waals surface area contributed by atoms with Crippen molar-refractivity contribution in [2.24, 2.45) is 28.5 Å². The lowest BCUT2D eigenvalue weighted by atomic mass is 10.0. The summed E-state index contributed by atoms with van der Waals surface area (Å²) in [6.07, 6.45) is 5.80. The van der Waals surface area contributed by atoms with Gasteiger partial charge in [0.1, 0.15) is 28.9 Å². The minimum atomic E-state index is -0.264. The Morgan fingerprint density at radius 3 is 1.41 bits per heavy atom. The molecular weight excluding hydrogens is 949 g/mol. The number of hydrogen-bond donors (Lipinski definition) is 3. The first-order valence-corrected chi connectivity index (χ1v) is 26.6. The van der Waals surface area contributed by atoms with Crippen LogP contribution < -0.4 is 30.6 Å². The number of nitrogens with one attached hydrogen (secondary N) is 2. The largest absolute Gasteiger partial charge is 0.493 e. The molecule has 0 atom stereocenters. The number of benzene rings is 5. The SMILES string of the molecule is CC(C)COc1ccc(CN)cc1.CC(C)COc1ccc(CN=C=O)cc1.CC(C)COc1ccc(CNC(=O)N(Cc2ccc(F)cc2)C2CCN(C)CC2)cc1.CN1CCC(NCc2ccc(F)cc2)CC1. The zero-order valence-electron chi connectivity index (χ0n) is 45.9. The van der Waals surface area contributed by atoms with Crippen LogP contribution in [0.1, 0.15) is 95.0 Å². The smallest absolute Gasteiger partial charge is 0.318 e. The van der Waals surface area contributed by atoms with E-state index in [-0.39, 0.29) is 23.7 Å². The van der Waals surface area contributed by atoms with E-state index >= 15 is 0 Å². The quantitative estimate of drug-likeness (QED) is 0.0515. The molecule has 4 N–H and O–H groups in total. The van der Waals surface area contributed by atoms with Crippen LogP contribution in [-0.2, 0) is 37.5 Å². The average Bonchev–Trinajstić information content (AvgIpc) is 3.41. The van der Waals surface area contributed by atoms with E-state index in [4.69, 9.17) is 19.9 Å². The number of nitrogens with two attached hydrogens (primary N) is 1. The molecule has 75 heavy (non-hydrogen) atoms. The number of halogens is 2. The Kier molecular flexibility index (Phi) is 28.2. The van der Waals surface area contributed by atoms with Crippen molar-refractivity contribution in [3.63, 3.8) is 0 Å². The molecule has 0 spiro atoms. The molecule has 2 heterocycles. The molecule has 0 bridgehead atoms. The number of rotatable bonds is 20. The number of amides is 2. The molecular formula is C61H85F2N7O5. The van der Waals surface area contributed by atoms with E-state index in [0.29, 0.717) is 63.2 Å². The maximum atomic E-state index is 13.3. The molecule has 0 unspecified atom stereocenters. The van der Waals surface area contributed by atoms with Crippen molar-refractivity contribution in [2.75, 3.05) is 60.1 Å². The van der Waals surface area contributed by atoms with E-state index in [1.54, 1.807) is 12.1 Å². The highest BCUT2D eigenvalue weighted by Gasteiger charge is 2.27. The van der Waals surface area contributed by atoms with Gasteiger partial charge in [-0.05, 0) is 172 Å². The van der Waals surface area contributed by atoms with Gasteiger partial charge in [0.15, 0.2) is 0 Å². The fourth-order valence-electron chi connectivity index (χ4n) is 7.84. The van der Waals surface area contributed by atoms with Crippen LogP contribution in [0.15, 0.2) is 126 Å². The first-order valence-electron chi connectivity index (χ1n) is 26.6. The van der Waals surface area contributed by atoms with Crippen molar-refractivity contribution in [3.8, 4) is 17.2 Å². The van der Waals surface area contributed by atoms with E-state index in [9.17, 15) is 18.4 Å². The number of isocyanates is 1. The lowest BCUT2D eigenvalue weighted by Gasteiger charge is -2.37. The minimum Gasteiger partial charge on any atom is -0.493 e. The molecule has 14 heteroatoms. The second-order valence-corrected chi connectivity index (χ2v) is 20.7. The van der Waals surface area contributed by atoms with Gasteiger partial charge in [-0.2, -0.15) is 0 Å². The van der Waals surface area contributed by atoms with Gasteiger partial charge in [0.05, 0.1) is 26.4 Å². The topological polar surface area (TPSA) is 134 Å². The van der Waals surface area contributed by atoms with Crippen molar-refractivity contribution < 1.29 is 32.6 Å². The van der Waals surface area contributed by atoms with Crippen molar-refractivity contribution in [1.29, 1.82) is 0 Å². The number of carbonyl (C=O) groups is 1. The fourth-order valence-corrected chi connectivity index (χ4v) is 7.84. The van der Waals surface area contributed by atoms with Crippen molar-refractivity contribution in [2.45, 2.75) is 112 Å². The van der Waals surface area contributed by atoms with Gasteiger partial charge in [0, 0.05) is 38.3 Å². The molecule has 2 saturated heterocycles. The maximum absolute atomic E-state index is 13.3. The number of ether oxygens (including phenoxy) is 3. The van der Waals surface area contributed by atoms with E-state index in [1.807, 2.05) is 89.8 Å². The van der Waals surface area contributed by atoms with Gasteiger partial charge in [-0.3, -0.25) is 0 Å². The summed E-state index contributed by atoms with van der Waals surface area (Å²) in [6.45, 7) is 21.9. The summed E-state index contributed by atoms with van der Waals surface area (Å²) in [5, 5.41) is 6.60. The van der Waals surface area contributed by atoms with Gasteiger partial charge in [-0.15, -0.1) is 0 Å². The zero-order chi connectivity index (χ0) is 54.4. The summed E-state index contributed by atoms with van der Waals surface area (Å²) in [4.78, 5) is 33.1. The van der Waals surface area contributed by atoms with E-state index in [0.717, 1.165) is 84.1 Å². The van der Waals surface area contributed by atoms with Crippen LogP contribution in [0, 0.1) is 29.4 Å². The lowest BCUT2D eigenvalue weighted by molar-refractivity contribution is 0.127. The first-order chi connectivity index (χ1) is 36.1. The van der Waals surface area contributed by atoms with Crippen LogP contribution in [0.4, 0.5) is 13.6 Å². The number of nitrogens with zero attached hydrogens (tertiary/aromatic N) is 4. The fraction of sp³-hybridized carbons (Fsp3) is 0.475. The van der Waals surface area contributed by atoms with Crippen molar-refractivity contribution in [3.05, 3.63) is 161 Å². The van der Waals surface area contributed by atoms with Crippen molar-refractivity contribution >= 4 is 12.1 Å². The molecule has 0 radical (unpaired) electrons. The zero-order valence-corrected chi connectivity index (χ0v) is 45.9. The molecule has 12 nitrogen and oxygen atoms in total. The Balaban J connectivity index is 0.000000234. The summed E-state index contributed by atoms with van der Waals surface area (Å²) in [6, 6.07) is 37.2. The Hall–Kier alpha value is -6.15. The Bertz CT molecular complexity index is 2350. The molecule has 0 saturated carbocycles. The van der Waals surface area contributed by atoms with Gasteiger partial charge in [0.2, 0.25) is 6.08 Å². The predicted molar refractivity (Wildman–Crippen MR) is 298 cm³/mol. The molecule has 0 aromatic heterocycles. The molecule has 2 amide bonds. The second kappa shape index (κ2) is 34.4. The van der Waals surface area contributed by atoms with Crippen LogP contribution in [0.25, 0.3) is 0 Å². The standard InChI is InChI=1S/C25H34FN3O2.C13H19FN2.C12H15NO2.C11H17NO/c1-19(2)18-31-24-10-6-20(7-11-24)16-27-25(30)29(23-12-14-28(3)15-13-23)17-21-4-8-22(26)9-5-21;1-16-8-6-13(7-9-16)15-10-11-2-4-12(14)5-3-11;1-10(2)8-15-12-5-3-11(4-6-12)7-13-9-14;1-9(2)8-13-11-5-3-10(7-12)4-6-11/h4-11,19,23H,12-18H2,1-3H3,(H,27,30);2-5,13,15H,6-10H2,1H3;3-6,10H,7-8H2,1-2H3;3-6,9H,7-8,12H2,1-2H3. The van der Waals surface area contributed by atoms with E-state index in [1.165, 1.54) is 56.3 Å². The third-order valence-corrected chi connectivity index (χ3v) is 12.4. The van der Waals surface area contributed by atoms with E-state index < -0.39 is 0 Å². The number of carbonyl (C=O) groups excluding carboxylic acids is 2. The summed E-state index contributed by atoms with van der Waals surface area (Å²) < 4.78 is 42.8. The van der Waals surface area contributed by atoms with Gasteiger partial charge < -0.3 is 45.3 Å². The van der Waals surface area contributed by atoms with Gasteiger partial charge in [0.25, 0.3) is 0 Å². The third-order valence-electron chi connectivity index (χ3n) is 12.4. The number of likely N-dealkylation sites (tertiary alicyclic amines) is 2. The highest BCUT2D eigenvalue weighted by molar-refractivity contribution is 5.74. The number of urea groups is 1. The first kappa shape index (κ1) is 61.4. The number of piperidine rings is 2. The summed E-state index contributed by atoms with van der Waals surface area (Å²) in [5.41, 5.74) is 10.7. The number of aliphatic imine (C=N–C) groups is 1. The minimum absolute atomic E-state index is 0.0842. The molecule has 5 aromatic rings. The summed E-state index contributed by atoms with van der Waals surface area (Å²) >= 11 is 0. The normalized spacial score (nSPS) is 14.1. The van der Waals surface area contributed by atoms with Crippen molar-refractivity contribution in [1.82, 2.24) is 25.3 Å². The highest BCUT2D eigenvalue weighted by Crippen LogP contribution is 2.21. The van der Waals surface area contributed by atoms with E-state index in [2.05, 4.69) is 81.1 Å². The molecule has 2 fully saturated rings. The lowest BCUT2D eigenvalue weighted by Crippen LogP contribution is -2.49. The monoisotopic (exact) mass is 1030 g/mol. The molecule has 5 aromatic carbocycles. The maximum Gasteiger partial charge on any atom is 0.318 e. The molecule has 7 rings (SSSR count). The van der Waals surface area contributed by atoms with Crippen LogP contribution in [0.5, 0.6) is 17.2 Å². The molecule has 0 aliphatic carbocycles. The molecule has 408 valence electrons. The Morgan fingerprint density at radius 2 is 0.987 bits per heavy atom. The van der Waals surface area contributed by atoms with Crippen LogP contribution in [0.2, 0.25) is 0 Å².